The number of aromatic nitrogens is 1. The molecular formula is C28H37FN5O4P. The van der Waals surface area contributed by atoms with Gasteiger partial charge in [0.1, 0.15) is 5.82 Å². The quantitative estimate of drug-likeness (QED) is 0.272. The van der Waals surface area contributed by atoms with Crippen molar-refractivity contribution in [1.82, 2.24) is 15.2 Å². The summed E-state index contributed by atoms with van der Waals surface area (Å²) in [6.45, 7) is 12.4. The van der Waals surface area contributed by atoms with E-state index >= 15 is 0 Å². The number of fused-ring (bicyclic) bond motifs is 1. The first-order valence-corrected chi connectivity index (χ1v) is 14.6. The number of rotatable bonds is 12. The number of nitrogens with one attached hydrogen (secondary N) is 2. The Labute approximate surface area is 230 Å². The van der Waals surface area contributed by atoms with Crippen molar-refractivity contribution < 1.29 is 23.6 Å². The summed E-state index contributed by atoms with van der Waals surface area (Å²) in [6.07, 6.45) is 1.56. The Morgan fingerprint density at radius 2 is 1.92 bits per heavy atom. The highest BCUT2D eigenvalue weighted by Crippen LogP contribution is 2.39. The van der Waals surface area contributed by atoms with Gasteiger partial charge in [-0.1, -0.05) is 22.4 Å². The minimum atomic E-state index is -0.779. The molecule has 3 amide bonds. The van der Waals surface area contributed by atoms with Crippen molar-refractivity contribution in [1.29, 1.82) is 0 Å². The Balaban J connectivity index is 1.88. The molecule has 2 aromatic rings. The third-order valence-electron chi connectivity index (χ3n) is 7.02. The Kier molecular flexibility index (Phi) is 10.3. The number of nitrogens with zero attached hydrogens (tertiary/aromatic N) is 2. The molecule has 0 bridgehead atoms. The Hall–Kier alpha value is -3.20. The highest BCUT2D eigenvalue weighted by atomic mass is 31.1. The number of amides is 3. The van der Waals surface area contributed by atoms with E-state index in [-0.39, 0.29) is 49.7 Å². The lowest BCUT2D eigenvalue weighted by Gasteiger charge is -2.18. The van der Waals surface area contributed by atoms with Crippen molar-refractivity contribution in [3.05, 3.63) is 52.1 Å². The summed E-state index contributed by atoms with van der Waals surface area (Å²) < 4.78 is 14.2. The van der Waals surface area contributed by atoms with Crippen LogP contribution in [-0.2, 0) is 14.4 Å². The maximum absolute atomic E-state index is 14.2. The van der Waals surface area contributed by atoms with Crippen LogP contribution in [0, 0.1) is 19.7 Å². The molecule has 4 N–H and O–H groups in total. The van der Waals surface area contributed by atoms with Crippen molar-refractivity contribution in [2.75, 3.05) is 37.7 Å². The molecule has 0 radical (unpaired) electrons. The fourth-order valence-electron chi connectivity index (χ4n) is 4.72. The zero-order valence-corrected chi connectivity index (χ0v) is 24.1. The minimum Gasteiger partial charge on any atom is -0.358 e. The van der Waals surface area contributed by atoms with Crippen molar-refractivity contribution in [2.24, 2.45) is 5.73 Å². The molecule has 11 heteroatoms. The van der Waals surface area contributed by atoms with Crippen LogP contribution in [-0.4, -0.2) is 72.0 Å². The number of carbonyl (C=O) groups excluding carboxylic acids is 4. The molecule has 210 valence electrons. The Morgan fingerprint density at radius 3 is 2.56 bits per heavy atom. The Morgan fingerprint density at radius 1 is 1.23 bits per heavy atom. The molecule has 2 atom stereocenters. The van der Waals surface area contributed by atoms with Crippen molar-refractivity contribution >= 4 is 49.2 Å². The summed E-state index contributed by atoms with van der Waals surface area (Å²) in [5.74, 6) is -1.90. The van der Waals surface area contributed by atoms with E-state index in [1.165, 1.54) is 18.2 Å². The van der Waals surface area contributed by atoms with E-state index < -0.39 is 23.7 Å². The predicted octanol–water partition coefficient (Wildman–Crippen LogP) is 3.20. The van der Waals surface area contributed by atoms with Gasteiger partial charge in [0.15, 0.2) is 5.52 Å². The summed E-state index contributed by atoms with van der Waals surface area (Å²) in [6, 6.07) is 3.01. The number of benzene rings is 1. The van der Waals surface area contributed by atoms with Crippen molar-refractivity contribution in [3.63, 3.8) is 0 Å². The van der Waals surface area contributed by atoms with Crippen LogP contribution in [0.5, 0.6) is 0 Å². The van der Waals surface area contributed by atoms with Crippen LogP contribution in [0.25, 0.3) is 11.6 Å². The fraction of sp³-hybridized carbons (Fsp3) is 0.429. The normalized spacial score (nSPS) is 15.0. The molecule has 0 fully saturated rings. The average Bonchev–Trinajstić information content (AvgIpc) is 3.35. The number of halogens is 1. The molecule has 0 spiro atoms. The van der Waals surface area contributed by atoms with Gasteiger partial charge >= 0.3 is 0 Å². The zero-order chi connectivity index (χ0) is 28.9. The van der Waals surface area contributed by atoms with Crippen LogP contribution in [0.3, 0.4) is 0 Å². The first-order valence-electron chi connectivity index (χ1n) is 13.1. The highest BCUT2D eigenvalue weighted by molar-refractivity contribution is 7.57. The number of likely N-dealkylation sites (N-methyl/N-ethyl adjacent to an activating group) is 1. The molecule has 9 nitrogen and oxygen atoms in total. The molecule has 1 unspecified atom stereocenters. The van der Waals surface area contributed by atoms with E-state index in [4.69, 9.17) is 5.73 Å². The van der Waals surface area contributed by atoms with Crippen LogP contribution in [0.4, 0.5) is 10.1 Å². The summed E-state index contributed by atoms with van der Waals surface area (Å²) in [5, 5.41) is 2.95. The smallest absolute Gasteiger partial charge is 0.265 e. The predicted molar refractivity (Wildman–Crippen MR) is 154 cm³/mol. The Bertz CT molecular complexity index is 1300. The van der Waals surface area contributed by atoms with Gasteiger partial charge in [-0.25, -0.2) is 9.29 Å². The van der Waals surface area contributed by atoms with Gasteiger partial charge in [-0.3, -0.25) is 19.2 Å². The van der Waals surface area contributed by atoms with Gasteiger partial charge in [0.25, 0.3) is 11.8 Å². The van der Waals surface area contributed by atoms with Crippen LogP contribution in [0.1, 0.15) is 59.6 Å². The number of anilines is 1. The number of carbonyl (C=O) groups is 4. The molecule has 0 saturated carbocycles. The van der Waals surface area contributed by atoms with Crippen molar-refractivity contribution in [3.8, 4) is 0 Å². The lowest BCUT2D eigenvalue weighted by Crippen LogP contribution is -2.35. The minimum absolute atomic E-state index is 0.0216. The number of hydrogen-bond donors (Lipinski definition) is 3. The van der Waals surface area contributed by atoms with Crippen LogP contribution >= 0.6 is 8.58 Å². The fourth-order valence-corrected chi connectivity index (χ4v) is 5.23. The lowest BCUT2D eigenvalue weighted by atomic mass is 10.0. The molecule has 1 aliphatic rings. The number of imide groups is 1. The first-order chi connectivity index (χ1) is 18.5. The lowest BCUT2D eigenvalue weighted by molar-refractivity contribution is -0.123. The van der Waals surface area contributed by atoms with Crippen molar-refractivity contribution in [2.45, 2.75) is 46.6 Å². The number of H-pyrrole nitrogens is 1. The molecule has 2 heterocycles. The van der Waals surface area contributed by atoms with Gasteiger partial charge < -0.3 is 20.9 Å². The van der Waals surface area contributed by atoms with Crippen LogP contribution in [0.15, 0.2) is 18.2 Å². The molecular weight excluding hydrogens is 520 g/mol. The molecule has 39 heavy (non-hydrogen) atoms. The number of hydrogen-bond acceptors (Lipinski definition) is 6. The number of nitrogens with two attached hydrogens (primary N) is 1. The molecule has 1 aromatic heterocycles. The van der Waals surface area contributed by atoms with E-state index in [1.807, 2.05) is 0 Å². The van der Waals surface area contributed by atoms with E-state index in [0.717, 1.165) is 24.5 Å². The summed E-state index contributed by atoms with van der Waals surface area (Å²) in [7, 11) is 0.0216. The third kappa shape index (κ3) is 6.69. The average molecular weight is 558 g/mol. The van der Waals surface area contributed by atoms with E-state index in [2.05, 4.69) is 29.0 Å². The van der Waals surface area contributed by atoms with E-state index in [1.54, 1.807) is 26.6 Å². The molecule has 1 aliphatic heterocycles. The largest absolute Gasteiger partial charge is 0.358 e. The number of aryl methyl sites for hydroxylation is 1. The standard InChI is InChI=1S/C28H37FN5O4P/c1-6-33(7-2)13-12-31-26(36)25-16(3)22(32-17(25)4)15-20-19-14-18(29)8-10-23(19)34(27(20)37)24(35)11-9-21(30)28(38)39-5/h8,10,14-15,21,32,39H,6-7,9,11-13,30H2,1-5H3,(H,31,36)/b20-15-/t21-/m0/s1. The topological polar surface area (TPSA) is 129 Å². The number of aromatic amines is 1. The highest BCUT2D eigenvalue weighted by Gasteiger charge is 2.37. The molecule has 1 aromatic carbocycles. The summed E-state index contributed by atoms with van der Waals surface area (Å²) in [5.41, 5.74) is 8.69. The van der Waals surface area contributed by atoms with Gasteiger partial charge in [0.2, 0.25) is 5.91 Å². The molecule has 0 saturated heterocycles. The van der Waals surface area contributed by atoms with Gasteiger partial charge in [-0.2, -0.15) is 0 Å². The van der Waals surface area contributed by atoms with Gasteiger partial charge in [-0.15, -0.1) is 0 Å². The van der Waals surface area contributed by atoms with Gasteiger partial charge in [-0.05, 0) is 69.9 Å². The maximum atomic E-state index is 14.2. The second-order valence-electron chi connectivity index (χ2n) is 9.46. The van der Waals surface area contributed by atoms with Gasteiger partial charge in [0, 0.05) is 36.5 Å². The molecule has 3 rings (SSSR count). The SMILES string of the molecule is CCN(CC)CCNC(=O)c1c(C)[nH]c(/C=C2\C(=O)N(C(=O)CC[C@H](N)C(=O)PC)c3ccc(F)cc32)c1C. The summed E-state index contributed by atoms with van der Waals surface area (Å²) >= 11 is 0. The summed E-state index contributed by atoms with van der Waals surface area (Å²) in [4.78, 5) is 57.7. The van der Waals surface area contributed by atoms with Gasteiger partial charge in [0.05, 0.1) is 22.9 Å². The first kappa shape index (κ1) is 30.3. The third-order valence-corrected chi connectivity index (χ3v) is 7.89. The second-order valence-corrected chi connectivity index (χ2v) is 10.5. The molecule has 0 aliphatic carbocycles. The van der Waals surface area contributed by atoms with Crippen LogP contribution in [0.2, 0.25) is 0 Å². The van der Waals surface area contributed by atoms with E-state index in [9.17, 15) is 23.6 Å². The second kappa shape index (κ2) is 13.2. The monoisotopic (exact) mass is 557 g/mol. The van der Waals surface area contributed by atoms with Crippen LogP contribution < -0.4 is 16.0 Å². The maximum Gasteiger partial charge on any atom is 0.265 e. The zero-order valence-electron chi connectivity index (χ0n) is 23.1. The van der Waals surface area contributed by atoms with E-state index in [0.29, 0.717) is 29.1 Å².